The molecule has 2 atom stereocenters. The van der Waals surface area contributed by atoms with Crippen molar-refractivity contribution >= 4 is 11.7 Å². The molecule has 2 heterocycles. The highest BCUT2D eigenvalue weighted by molar-refractivity contribution is 5.76. The minimum absolute atomic E-state index is 0.0110. The van der Waals surface area contributed by atoms with Gasteiger partial charge in [0, 0.05) is 6.04 Å². The van der Waals surface area contributed by atoms with Crippen molar-refractivity contribution in [1.82, 2.24) is 4.90 Å². The second-order valence-electron chi connectivity index (χ2n) is 7.30. The summed E-state index contributed by atoms with van der Waals surface area (Å²) < 4.78 is 19.3. The van der Waals surface area contributed by atoms with E-state index in [1.54, 1.807) is 0 Å². The third kappa shape index (κ3) is 3.63. The molecule has 2 aromatic carbocycles. The van der Waals surface area contributed by atoms with E-state index < -0.39 is 0 Å². The summed E-state index contributed by atoms with van der Waals surface area (Å²) in [4.78, 5) is 14.6. The first-order valence-corrected chi connectivity index (χ1v) is 9.55. The molecule has 0 aliphatic carbocycles. The standard InChI is InChI=1S/C23H21FN2O2/c24-19-10-9-17(14-25)22(13-19)18-11-20-7-4-8-21(12-18)26(20)23(27)28-15-16-5-2-1-3-6-16/h1-3,5-6,9-11,13,20-21H,4,7-8,12,15H2. The van der Waals surface area contributed by atoms with Crippen LogP contribution in [0.25, 0.3) is 5.57 Å². The second kappa shape index (κ2) is 7.85. The van der Waals surface area contributed by atoms with Gasteiger partial charge in [0.1, 0.15) is 12.4 Å². The zero-order valence-corrected chi connectivity index (χ0v) is 15.5. The molecule has 142 valence electrons. The Labute approximate surface area is 163 Å². The lowest BCUT2D eigenvalue weighted by Crippen LogP contribution is -2.51. The molecule has 0 radical (unpaired) electrons. The van der Waals surface area contributed by atoms with Crippen molar-refractivity contribution in [2.45, 2.75) is 44.4 Å². The largest absolute Gasteiger partial charge is 0.445 e. The van der Waals surface area contributed by atoms with Gasteiger partial charge in [0.15, 0.2) is 0 Å². The van der Waals surface area contributed by atoms with Crippen LogP contribution in [-0.4, -0.2) is 23.1 Å². The first-order valence-electron chi connectivity index (χ1n) is 9.55. The molecular formula is C23H21FN2O2. The lowest BCUT2D eigenvalue weighted by molar-refractivity contribution is 0.0510. The maximum Gasteiger partial charge on any atom is 0.410 e. The number of carbonyl (C=O) groups excluding carboxylic acids is 1. The smallest absolute Gasteiger partial charge is 0.410 e. The summed E-state index contributed by atoms with van der Waals surface area (Å²) in [7, 11) is 0. The fourth-order valence-electron chi connectivity index (χ4n) is 4.19. The maximum absolute atomic E-state index is 13.8. The van der Waals surface area contributed by atoms with Crippen LogP contribution in [-0.2, 0) is 11.3 Å². The van der Waals surface area contributed by atoms with Gasteiger partial charge in [-0.1, -0.05) is 36.4 Å². The van der Waals surface area contributed by atoms with Gasteiger partial charge in [-0.2, -0.15) is 5.26 Å². The Balaban J connectivity index is 1.55. The number of halogens is 1. The highest BCUT2D eigenvalue weighted by Crippen LogP contribution is 2.38. The number of nitriles is 1. The first-order chi connectivity index (χ1) is 13.7. The second-order valence-corrected chi connectivity index (χ2v) is 7.30. The summed E-state index contributed by atoms with van der Waals surface area (Å²) >= 11 is 0. The van der Waals surface area contributed by atoms with Crippen LogP contribution in [0.1, 0.15) is 42.4 Å². The molecule has 0 N–H and O–H groups in total. The molecule has 4 nitrogen and oxygen atoms in total. The highest BCUT2D eigenvalue weighted by atomic mass is 19.1. The van der Waals surface area contributed by atoms with Gasteiger partial charge in [0.2, 0.25) is 0 Å². The van der Waals surface area contributed by atoms with E-state index in [2.05, 4.69) is 6.07 Å². The van der Waals surface area contributed by atoms with E-state index in [1.165, 1.54) is 18.2 Å². The quantitative estimate of drug-likeness (QED) is 0.754. The number of carbonyl (C=O) groups is 1. The van der Waals surface area contributed by atoms with Crippen LogP contribution in [0.3, 0.4) is 0 Å². The summed E-state index contributed by atoms with van der Waals surface area (Å²) in [6.07, 6.45) is 5.07. The fraction of sp³-hybridized carbons (Fsp3) is 0.304. The zero-order chi connectivity index (χ0) is 19.5. The molecule has 1 saturated heterocycles. The Hall–Kier alpha value is -3.13. The van der Waals surface area contributed by atoms with Crippen molar-refractivity contribution in [1.29, 1.82) is 5.26 Å². The Kier molecular flexibility index (Phi) is 5.12. The molecule has 1 fully saturated rings. The van der Waals surface area contributed by atoms with Gasteiger partial charge in [-0.15, -0.1) is 0 Å². The molecule has 2 bridgehead atoms. The van der Waals surface area contributed by atoms with Crippen molar-refractivity contribution in [3.8, 4) is 6.07 Å². The number of piperidine rings is 1. The number of ether oxygens (including phenoxy) is 1. The molecule has 1 amide bonds. The van der Waals surface area contributed by atoms with E-state index in [9.17, 15) is 14.4 Å². The fourth-order valence-corrected chi connectivity index (χ4v) is 4.19. The van der Waals surface area contributed by atoms with E-state index in [1.807, 2.05) is 41.3 Å². The summed E-state index contributed by atoms with van der Waals surface area (Å²) in [6.45, 7) is 0.245. The van der Waals surface area contributed by atoms with E-state index in [4.69, 9.17) is 4.74 Å². The first kappa shape index (κ1) is 18.2. The number of rotatable bonds is 3. The lowest BCUT2D eigenvalue weighted by Gasteiger charge is -2.44. The average molecular weight is 376 g/mol. The van der Waals surface area contributed by atoms with Gasteiger partial charge in [0.05, 0.1) is 17.7 Å². The molecule has 2 aromatic rings. The van der Waals surface area contributed by atoms with Crippen molar-refractivity contribution in [2.75, 3.05) is 0 Å². The Morgan fingerprint density at radius 3 is 2.79 bits per heavy atom. The molecule has 0 spiro atoms. The Bertz CT molecular complexity index is 949. The van der Waals surface area contributed by atoms with Crippen molar-refractivity contribution in [3.63, 3.8) is 0 Å². The van der Waals surface area contributed by atoms with Gasteiger partial charge >= 0.3 is 6.09 Å². The molecule has 5 heteroatoms. The molecule has 0 saturated carbocycles. The van der Waals surface area contributed by atoms with Gasteiger partial charge < -0.3 is 4.74 Å². The normalized spacial score (nSPS) is 20.9. The third-order valence-corrected chi connectivity index (χ3v) is 5.50. The van der Waals surface area contributed by atoms with Crippen LogP contribution in [0.2, 0.25) is 0 Å². The minimum Gasteiger partial charge on any atom is -0.445 e. The van der Waals surface area contributed by atoms with Gasteiger partial charge in [-0.05, 0) is 60.6 Å². The Morgan fingerprint density at radius 2 is 2.04 bits per heavy atom. The van der Waals surface area contributed by atoms with Gasteiger partial charge in [-0.25, -0.2) is 9.18 Å². The van der Waals surface area contributed by atoms with Crippen LogP contribution < -0.4 is 0 Å². The predicted octanol–water partition coefficient (Wildman–Crippen LogP) is 5.04. The predicted molar refractivity (Wildman–Crippen MR) is 104 cm³/mol. The zero-order valence-electron chi connectivity index (χ0n) is 15.5. The summed E-state index contributed by atoms with van der Waals surface area (Å²) in [6, 6.07) is 15.9. The monoisotopic (exact) mass is 376 g/mol. The van der Waals surface area contributed by atoms with Crippen LogP contribution in [0.5, 0.6) is 0 Å². The minimum atomic E-state index is -0.357. The van der Waals surface area contributed by atoms with Crippen LogP contribution in [0.4, 0.5) is 9.18 Å². The SMILES string of the molecule is N#Cc1ccc(F)cc1C1=CC2CCCC(C1)N2C(=O)OCc1ccccc1. The maximum atomic E-state index is 13.8. The molecule has 4 rings (SSSR count). The number of nitrogens with zero attached hydrogens (tertiary/aromatic N) is 2. The number of amides is 1. The summed E-state index contributed by atoms with van der Waals surface area (Å²) in [5.41, 5.74) is 2.99. The lowest BCUT2D eigenvalue weighted by atomic mass is 9.82. The summed E-state index contributed by atoms with van der Waals surface area (Å²) in [5, 5.41) is 9.38. The Morgan fingerprint density at radius 1 is 1.21 bits per heavy atom. The van der Waals surface area contributed by atoms with Crippen molar-refractivity contribution in [2.24, 2.45) is 0 Å². The molecule has 2 aliphatic rings. The number of hydrogen-bond donors (Lipinski definition) is 0. The average Bonchev–Trinajstić information content (AvgIpc) is 2.71. The molecule has 28 heavy (non-hydrogen) atoms. The van der Waals surface area contributed by atoms with Crippen LogP contribution >= 0.6 is 0 Å². The third-order valence-electron chi connectivity index (χ3n) is 5.50. The topological polar surface area (TPSA) is 53.3 Å². The van der Waals surface area contributed by atoms with E-state index in [0.29, 0.717) is 17.5 Å². The van der Waals surface area contributed by atoms with Gasteiger partial charge in [-0.3, -0.25) is 4.90 Å². The van der Waals surface area contributed by atoms with Crippen LogP contribution in [0, 0.1) is 17.1 Å². The van der Waals surface area contributed by atoms with Crippen molar-refractivity contribution in [3.05, 3.63) is 77.1 Å². The van der Waals surface area contributed by atoms with Crippen LogP contribution in [0.15, 0.2) is 54.6 Å². The highest BCUT2D eigenvalue weighted by Gasteiger charge is 2.38. The number of hydrogen-bond acceptors (Lipinski definition) is 3. The molecule has 2 aliphatic heterocycles. The summed E-state index contributed by atoms with van der Waals surface area (Å²) in [5.74, 6) is -0.357. The van der Waals surface area contributed by atoms with E-state index in [-0.39, 0.29) is 30.6 Å². The number of benzene rings is 2. The van der Waals surface area contributed by atoms with Gasteiger partial charge in [0.25, 0.3) is 0 Å². The van der Waals surface area contributed by atoms with E-state index >= 15 is 0 Å². The molecule has 0 aromatic heterocycles. The van der Waals surface area contributed by atoms with E-state index in [0.717, 1.165) is 30.4 Å². The number of fused-ring (bicyclic) bond motifs is 2. The molecule has 2 unspecified atom stereocenters. The molecular weight excluding hydrogens is 355 g/mol. The van der Waals surface area contributed by atoms with Crippen molar-refractivity contribution < 1.29 is 13.9 Å².